The molecule has 0 aliphatic carbocycles. The summed E-state index contributed by atoms with van der Waals surface area (Å²) in [4.78, 5) is 23.9. The largest absolute Gasteiger partial charge is 0.379 e. The van der Waals surface area contributed by atoms with E-state index in [0.29, 0.717) is 17.4 Å². The lowest BCUT2D eigenvalue weighted by Gasteiger charge is -2.26. The fraction of sp³-hybridized carbons (Fsp3) is 0.458. The van der Waals surface area contributed by atoms with Gasteiger partial charge in [0.2, 0.25) is 5.91 Å². The first kappa shape index (κ1) is 22.3. The minimum atomic E-state index is -0.0307. The van der Waals surface area contributed by atoms with Crippen LogP contribution in [0.1, 0.15) is 12.8 Å². The first-order valence-electron chi connectivity index (χ1n) is 11.6. The van der Waals surface area contributed by atoms with E-state index >= 15 is 0 Å². The van der Waals surface area contributed by atoms with Crippen molar-refractivity contribution in [1.29, 1.82) is 0 Å². The lowest BCUT2D eigenvalue weighted by Crippen LogP contribution is -2.38. The third-order valence-corrected chi connectivity index (χ3v) is 6.77. The highest BCUT2D eigenvalue weighted by Gasteiger charge is 2.21. The zero-order valence-corrected chi connectivity index (χ0v) is 19.4. The van der Waals surface area contributed by atoms with Gasteiger partial charge in [-0.2, -0.15) is 0 Å². The Hall–Kier alpha value is -2.52. The second-order valence-electron chi connectivity index (χ2n) is 8.68. The highest BCUT2D eigenvalue weighted by molar-refractivity contribution is 6.33. The Morgan fingerprint density at radius 3 is 2.91 bits per heavy atom. The molecule has 8 nitrogen and oxygen atoms in total. The quantitative estimate of drug-likeness (QED) is 0.578. The molecule has 4 heterocycles. The van der Waals surface area contributed by atoms with Crippen molar-refractivity contribution in [3.05, 3.63) is 41.8 Å². The van der Waals surface area contributed by atoms with E-state index in [1.807, 2.05) is 24.5 Å². The third-order valence-electron chi connectivity index (χ3n) is 6.47. The van der Waals surface area contributed by atoms with Crippen LogP contribution in [-0.4, -0.2) is 71.3 Å². The van der Waals surface area contributed by atoms with Crippen LogP contribution in [-0.2, 0) is 16.1 Å². The Labute approximate surface area is 198 Å². The number of pyridine rings is 1. The number of anilines is 1. The Balaban J connectivity index is 1.35. The molecule has 0 bridgehead atoms. The summed E-state index contributed by atoms with van der Waals surface area (Å²) >= 11 is 6.52. The number of hydrogen-bond donors (Lipinski definition) is 2. The molecule has 0 spiro atoms. The lowest BCUT2D eigenvalue weighted by atomic mass is 9.99. The summed E-state index contributed by atoms with van der Waals surface area (Å²) in [5, 5.41) is 6.79. The molecule has 3 aromatic rings. The van der Waals surface area contributed by atoms with Gasteiger partial charge in [-0.1, -0.05) is 17.7 Å². The summed E-state index contributed by atoms with van der Waals surface area (Å²) in [7, 11) is 0. The predicted octanol–water partition coefficient (Wildman–Crippen LogP) is 3.02. The molecule has 1 aromatic carbocycles. The number of hydrogen-bond acceptors (Lipinski definition) is 6. The summed E-state index contributed by atoms with van der Waals surface area (Å²) in [6, 6.07) is 7.99. The average Bonchev–Trinajstić information content (AvgIpc) is 3.27. The van der Waals surface area contributed by atoms with E-state index in [1.54, 1.807) is 6.20 Å². The van der Waals surface area contributed by atoms with Gasteiger partial charge in [0.15, 0.2) is 0 Å². The number of nitrogens with zero attached hydrogens (tertiary/aromatic N) is 4. The molecule has 33 heavy (non-hydrogen) atoms. The molecule has 9 heteroatoms. The number of benzene rings is 1. The number of carbonyl (C=O) groups excluding carboxylic acids is 1. The minimum absolute atomic E-state index is 0.000358. The van der Waals surface area contributed by atoms with Crippen molar-refractivity contribution in [3.8, 4) is 11.1 Å². The predicted molar refractivity (Wildman–Crippen MR) is 129 cm³/mol. The molecule has 174 valence electrons. The monoisotopic (exact) mass is 468 g/mol. The highest BCUT2D eigenvalue weighted by Crippen LogP contribution is 2.31. The number of nitrogens with one attached hydrogen (secondary N) is 2. The van der Waals surface area contributed by atoms with Crippen molar-refractivity contribution < 1.29 is 9.53 Å². The number of halogens is 1. The summed E-state index contributed by atoms with van der Waals surface area (Å²) in [5.41, 5.74) is 3.82. The number of aromatic nitrogens is 3. The number of morpholine rings is 1. The van der Waals surface area contributed by atoms with E-state index in [0.717, 1.165) is 80.9 Å². The number of fused-ring (bicyclic) bond motifs is 1. The number of piperidine rings is 1. The summed E-state index contributed by atoms with van der Waals surface area (Å²) in [6.07, 6.45) is 5.40. The first-order valence-corrected chi connectivity index (χ1v) is 12.0. The van der Waals surface area contributed by atoms with Gasteiger partial charge in [0.25, 0.3) is 0 Å². The van der Waals surface area contributed by atoms with Crippen molar-refractivity contribution >= 4 is 34.4 Å². The molecular weight excluding hydrogens is 440 g/mol. The van der Waals surface area contributed by atoms with E-state index in [1.165, 1.54) is 0 Å². The Morgan fingerprint density at radius 1 is 1.21 bits per heavy atom. The van der Waals surface area contributed by atoms with Crippen LogP contribution < -0.4 is 10.6 Å². The van der Waals surface area contributed by atoms with Gasteiger partial charge in [0.05, 0.1) is 41.5 Å². The lowest BCUT2D eigenvalue weighted by molar-refractivity contribution is -0.120. The van der Waals surface area contributed by atoms with Crippen LogP contribution >= 0.6 is 11.6 Å². The third kappa shape index (κ3) is 5.19. The summed E-state index contributed by atoms with van der Waals surface area (Å²) in [5.74, 6) is 0.488. The molecule has 2 fully saturated rings. The van der Waals surface area contributed by atoms with Gasteiger partial charge in [-0.25, -0.2) is 9.97 Å². The van der Waals surface area contributed by atoms with Gasteiger partial charge in [0.1, 0.15) is 5.82 Å². The van der Waals surface area contributed by atoms with Gasteiger partial charge in [-0.15, -0.1) is 0 Å². The average molecular weight is 469 g/mol. The van der Waals surface area contributed by atoms with Gasteiger partial charge in [0, 0.05) is 44.5 Å². The number of ether oxygens (including phenoxy) is 1. The maximum absolute atomic E-state index is 12.6. The zero-order valence-electron chi connectivity index (χ0n) is 18.6. The molecule has 1 atom stereocenters. The van der Waals surface area contributed by atoms with E-state index in [-0.39, 0.29) is 11.8 Å². The molecule has 2 aliphatic heterocycles. The molecule has 2 saturated heterocycles. The normalized spacial score (nSPS) is 19.6. The Bertz CT molecular complexity index is 1120. The van der Waals surface area contributed by atoms with E-state index in [4.69, 9.17) is 16.3 Å². The molecule has 0 radical (unpaired) electrons. The number of carbonyl (C=O) groups is 1. The SMILES string of the molecule is O=C(Nc1cc(-c2ccc3ncn(CCN4CCOCC4)c3c2)c(Cl)cn1)C1CCCNC1. The topological polar surface area (TPSA) is 84.3 Å². The second kappa shape index (κ2) is 10.2. The van der Waals surface area contributed by atoms with Crippen LogP contribution in [0.2, 0.25) is 5.02 Å². The summed E-state index contributed by atoms with van der Waals surface area (Å²) < 4.78 is 7.63. The number of imidazole rings is 1. The highest BCUT2D eigenvalue weighted by atomic mass is 35.5. The standard InChI is InChI=1S/C24H29ClN6O2/c25-20-15-27-23(29-24(32)18-2-1-5-26-14-18)13-19(20)17-3-4-21-22(12-17)31(16-28-21)7-6-30-8-10-33-11-9-30/h3-4,12-13,15-16,18,26H,1-2,5-11,14H2,(H,27,29,32). The van der Waals surface area contributed by atoms with Crippen molar-refractivity contribution in [2.75, 3.05) is 51.3 Å². The molecule has 2 aromatic heterocycles. The van der Waals surface area contributed by atoms with E-state index < -0.39 is 0 Å². The maximum Gasteiger partial charge on any atom is 0.229 e. The maximum atomic E-state index is 12.6. The number of amides is 1. The molecule has 1 unspecified atom stereocenters. The first-order chi connectivity index (χ1) is 16.2. The van der Waals surface area contributed by atoms with Crippen LogP contribution in [0, 0.1) is 5.92 Å². The van der Waals surface area contributed by atoms with Crippen LogP contribution in [0.3, 0.4) is 0 Å². The van der Waals surface area contributed by atoms with Gasteiger partial charge >= 0.3 is 0 Å². The minimum Gasteiger partial charge on any atom is -0.379 e. The zero-order chi connectivity index (χ0) is 22.6. The van der Waals surface area contributed by atoms with Gasteiger partial charge in [-0.3, -0.25) is 9.69 Å². The second-order valence-corrected chi connectivity index (χ2v) is 9.08. The van der Waals surface area contributed by atoms with Crippen molar-refractivity contribution in [3.63, 3.8) is 0 Å². The molecule has 2 N–H and O–H groups in total. The van der Waals surface area contributed by atoms with Crippen molar-refractivity contribution in [1.82, 2.24) is 24.8 Å². The van der Waals surface area contributed by atoms with Crippen molar-refractivity contribution in [2.24, 2.45) is 5.92 Å². The van der Waals surface area contributed by atoms with Crippen LogP contribution in [0.25, 0.3) is 22.2 Å². The number of rotatable bonds is 6. The molecule has 2 aliphatic rings. The van der Waals surface area contributed by atoms with Crippen LogP contribution in [0.15, 0.2) is 36.8 Å². The van der Waals surface area contributed by atoms with E-state index in [2.05, 4.69) is 36.1 Å². The van der Waals surface area contributed by atoms with Crippen molar-refractivity contribution in [2.45, 2.75) is 19.4 Å². The molecule has 1 amide bonds. The molecule has 0 saturated carbocycles. The van der Waals surface area contributed by atoms with Gasteiger partial charge in [-0.05, 0) is 43.1 Å². The Morgan fingerprint density at radius 2 is 2.09 bits per heavy atom. The van der Waals surface area contributed by atoms with Gasteiger partial charge < -0.3 is 19.9 Å². The van der Waals surface area contributed by atoms with E-state index in [9.17, 15) is 4.79 Å². The fourth-order valence-corrected chi connectivity index (χ4v) is 4.72. The summed E-state index contributed by atoms with van der Waals surface area (Å²) in [6.45, 7) is 7.03. The molecular formula is C24H29ClN6O2. The van der Waals surface area contributed by atoms with Crippen LogP contribution in [0.5, 0.6) is 0 Å². The fourth-order valence-electron chi connectivity index (χ4n) is 4.51. The Kier molecular flexibility index (Phi) is 6.87. The smallest absolute Gasteiger partial charge is 0.229 e. The molecule has 5 rings (SSSR count). The van der Waals surface area contributed by atoms with Crippen LogP contribution in [0.4, 0.5) is 5.82 Å².